The summed E-state index contributed by atoms with van der Waals surface area (Å²) in [5.74, 6) is -1.70. The van der Waals surface area contributed by atoms with E-state index < -0.39 is 12.1 Å². The first-order valence-corrected chi connectivity index (χ1v) is 10.0. The van der Waals surface area contributed by atoms with Crippen LogP contribution in [-0.2, 0) is 11.3 Å². The summed E-state index contributed by atoms with van der Waals surface area (Å²) >= 11 is 0. The Morgan fingerprint density at radius 2 is 1.89 bits per heavy atom. The number of halogens is 3. The van der Waals surface area contributed by atoms with Gasteiger partial charge in [-0.25, -0.2) is 34.4 Å². The van der Waals surface area contributed by atoms with Gasteiger partial charge in [-0.1, -0.05) is 12.1 Å². The Labute approximate surface area is 200 Å². The van der Waals surface area contributed by atoms with E-state index in [1.54, 1.807) is 29.5 Å². The third-order valence-corrected chi connectivity index (χ3v) is 4.68. The molecule has 1 N–H and O–H groups in total. The van der Waals surface area contributed by atoms with Gasteiger partial charge in [0.1, 0.15) is 12.7 Å². The van der Waals surface area contributed by atoms with Crippen LogP contribution in [-0.4, -0.2) is 56.4 Å². The Kier molecular flexibility index (Phi) is 6.63. The summed E-state index contributed by atoms with van der Waals surface area (Å²) in [6, 6.07) is 13.2. The Morgan fingerprint density at radius 1 is 1.11 bits per heavy atom. The van der Waals surface area contributed by atoms with Crippen LogP contribution in [0.1, 0.15) is 11.3 Å². The summed E-state index contributed by atoms with van der Waals surface area (Å²) in [6.07, 6.45) is 3.36. The summed E-state index contributed by atoms with van der Waals surface area (Å²) < 4.78 is 35.3. The quantitative estimate of drug-likeness (QED) is 0.399. The third kappa shape index (κ3) is 5.30. The zero-order valence-corrected chi connectivity index (χ0v) is 18.1. The zero-order chi connectivity index (χ0) is 25.7. The molecule has 0 saturated carbocycles. The number of hydrogen-bond acceptors (Lipinski definition) is 8. The van der Waals surface area contributed by atoms with Crippen molar-refractivity contribution in [2.75, 3.05) is 0 Å². The summed E-state index contributed by atoms with van der Waals surface area (Å²) in [6.45, 7) is 0.515. The SMILES string of the molecule is N#Cc1ccccc1-c1nccc(-c2cnc3nc(Cn4cncn4)ccn23)n1.O=C(O)C(F)(F)F. The van der Waals surface area contributed by atoms with E-state index in [1.165, 1.54) is 6.33 Å². The number of alkyl halides is 3. The lowest BCUT2D eigenvalue weighted by molar-refractivity contribution is -0.192. The van der Waals surface area contributed by atoms with E-state index in [-0.39, 0.29) is 0 Å². The first-order valence-electron chi connectivity index (χ1n) is 10.0. The molecule has 1 aromatic carbocycles. The van der Waals surface area contributed by atoms with E-state index in [0.717, 1.165) is 11.4 Å². The molecule has 0 atom stereocenters. The van der Waals surface area contributed by atoms with E-state index in [9.17, 15) is 18.4 Å². The number of aliphatic carboxylic acids is 1. The Balaban J connectivity index is 0.000000384. The molecule has 0 radical (unpaired) electrons. The molecule has 0 saturated heterocycles. The second-order valence-electron chi connectivity index (χ2n) is 7.05. The molecule has 11 nitrogen and oxygen atoms in total. The van der Waals surface area contributed by atoms with Crippen molar-refractivity contribution in [1.29, 1.82) is 5.26 Å². The van der Waals surface area contributed by atoms with Crippen LogP contribution < -0.4 is 0 Å². The number of carboxylic acids is 1. The number of nitriles is 1. The number of hydrogen-bond donors (Lipinski definition) is 1. The van der Waals surface area contributed by atoms with Crippen molar-refractivity contribution in [1.82, 2.24) is 39.1 Å². The molecule has 36 heavy (non-hydrogen) atoms. The van der Waals surface area contributed by atoms with Gasteiger partial charge in [-0.15, -0.1) is 0 Å². The third-order valence-electron chi connectivity index (χ3n) is 4.68. The van der Waals surface area contributed by atoms with Gasteiger partial charge >= 0.3 is 12.1 Å². The molecule has 0 amide bonds. The fourth-order valence-electron chi connectivity index (χ4n) is 3.07. The molecule has 0 fully saturated rings. The van der Waals surface area contributed by atoms with Crippen LogP contribution in [0.5, 0.6) is 0 Å². The van der Waals surface area contributed by atoms with Crippen LogP contribution in [0.25, 0.3) is 28.6 Å². The van der Waals surface area contributed by atoms with Crippen molar-refractivity contribution in [3.05, 3.63) is 78.9 Å². The van der Waals surface area contributed by atoms with Crippen LogP contribution in [0.2, 0.25) is 0 Å². The number of aromatic nitrogens is 8. The van der Waals surface area contributed by atoms with Crippen LogP contribution >= 0.6 is 0 Å². The Morgan fingerprint density at radius 3 is 2.58 bits per heavy atom. The molecule has 4 aromatic heterocycles. The van der Waals surface area contributed by atoms with Crippen molar-refractivity contribution in [2.45, 2.75) is 12.7 Å². The second kappa shape index (κ2) is 9.97. The lowest BCUT2D eigenvalue weighted by Crippen LogP contribution is -2.21. The molecular formula is C22H14F3N9O2. The molecule has 180 valence electrons. The maximum atomic E-state index is 10.6. The maximum Gasteiger partial charge on any atom is 0.490 e. The molecule has 0 bridgehead atoms. The smallest absolute Gasteiger partial charge is 0.475 e. The summed E-state index contributed by atoms with van der Waals surface area (Å²) in [5, 5.41) is 20.6. The Bertz CT molecular complexity index is 1560. The molecule has 5 rings (SSSR count). The minimum Gasteiger partial charge on any atom is -0.475 e. The summed E-state index contributed by atoms with van der Waals surface area (Å²) in [7, 11) is 0. The fourth-order valence-corrected chi connectivity index (χ4v) is 3.07. The van der Waals surface area contributed by atoms with Gasteiger partial charge in [-0.3, -0.25) is 4.40 Å². The van der Waals surface area contributed by atoms with Crippen LogP contribution in [0, 0.1) is 11.3 Å². The minimum absolute atomic E-state index is 0.491. The van der Waals surface area contributed by atoms with Crippen molar-refractivity contribution >= 4 is 11.7 Å². The average molecular weight is 493 g/mol. The number of carbonyl (C=O) groups is 1. The lowest BCUT2D eigenvalue weighted by Gasteiger charge is -2.06. The average Bonchev–Trinajstić information content (AvgIpc) is 3.53. The van der Waals surface area contributed by atoms with Gasteiger partial charge in [0.05, 0.1) is 41.5 Å². The Hall–Kier alpha value is -5.19. The highest BCUT2D eigenvalue weighted by atomic mass is 19.4. The number of fused-ring (bicyclic) bond motifs is 1. The van der Waals surface area contributed by atoms with Crippen LogP contribution in [0.3, 0.4) is 0 Å². The van der Waals surface area contributed by atoms with E-state index >= 15 is 0 Å². The normalized spacial score (nSPS) is 10.9. The van der Waals surface area contributed by atoms with Gasteiger partial charge < -0.3 is 5.11 Å². The first kappa shape index (κ1) is 24.0. The fraction of sp³-hybridized carbons (Fsp3) is 0.0909. The number of imidazole rings is 1. The molecule has 0 unspecified atom stereocenters. The molecule has 0 aliphatic rings. The number of carboxylic acid groups (broad SMARTS) is 1. The van der Waals surface area contributed by atoms with Crippen LogP contribution in [0.4, 0.5) is 13.2 Å². The minimum atomic E-state index is -5.08. The van der Waals surface area contributed by atoms with Gasteiger partial charge in [-0.05, 0) is 24.3 Å². The number of nitrogens with zero attached hydrogens (tertiary/aromatic N) is 9. The van der Waals surface area contributed by atoms with Crippen molar-refractivity contribution in [3.8, 4) is 28.8 Å². The monoisotopic (exact) mass is 493 g/mol. The predicted octanol–water partition coefficient (Wildman–Crippen LogP) is 3.00. The topological polar surface area (TPSA) is 148 Å². The zero-order valence-electron chi connectivity index (χ0n) is 18.1. The van der Waals surface area contributed by atoms with Gasteiger partial charge in [0, 0.05) is 18.0 Å². The molecule has 14 heteroatoms. The predicted molar refractivity (Wildman–Crippen MR) is 117 cm³/mol. The standard InChI is InChI=1S/C20H13N9.C2HF3O2/c21-9-14-3-1-2-4-16(14)19-23-7-5-17(27-19)18-10-24-20-26-15(6-8-29(18)20)11-28-13-22-12-25-28;3-2(4,5)1(6)7/h1-8,10,12-13H,11H2;(H,6,7). The molecule has 0 aliphatic heterocycles. The largest absolute Gasteiger partial charge is 0.490 e. The maximum absolute atomic E-state index is 10.6. The van der Waals surface area contributed by atoms with E-state index in [0.29, 0.717) is 35.0 Å². The van der Waals surface area contributed by atoms with Gasteiger partial charge in [-0.2, -0.15) is 23.5 Å². The molecule has 0 spiro atoms. The highest BCUT2D eigenvalue weighted by Crippen LogP contribution is 2.23. The molecule has 5 aromatic rings. The molecule has 4 heterocycles. The van der Waals surface area contributed by atoms with Crippen LogP contribution in [0.15, 0.2) is 67.6 Å². The van der Waals surface area contributed by atoms with Gasteiger partial charge in [0.2, 0.25) is 5.78 Å². The molecular weight excluding hydrogens is 479 g/mol. The highest BCUT2D eigenvalue weighted by molar-refractivity contribution is 5.73. The summed E-state index contributed by atoms with van der Waals surface area (Å²) in [4.78, 5) is 30.8. The van der Waals surface area contributed by atoms with Crippen molar-refractivity contribution in [3.63, 3.8) is 0 Å². The summed E-state index contributed by atoms with van der Waals surface area (Å²) in [5.41, 5.74) is 3.53. The van der Waals surface area contributed by atoms with Gasteiger partial charge in [0.15, 0.2) is 5.82 Å². The molecule has 0 aliphatic carbocycles. The number of rotatable bonds is 4. The highest BCUT2D eigenvalue weighted by Gasteiger charge is 2.38. The van der Waals surface area contributed by atoms with Crippen molar-refractivity contribution < 1.29 is 23.1 Å². The number of benzene rings is 1. The van der Waals surface area contributed by atoms with E-state index in [2.05, 4.69) is 36.1 Å². The lowest BCUT2D eigenvalue weighted by atomic mass is 10.1. The van der Waals surface area contributed by atoms with Crippen molar-refractivity contribution in [2.24, 2.45) is 0 Å². The second-order valence-corrected chi connectivity index (χ2v) is 7.05. The first-order chi connectivity index (χ1) is 17.3. The van der Waals surface area contributed by atoms with Gasteiger partial charge in [0.25, 0.3) is 0 Å². The van der Waals surface area contributed by atoms with E-state index in [1.807, 2.05) is 40.9 Å². The van der Waals surface area contributed by atoms with E-state index in [4.69, 9.17) is 9.90 Å².